The van der Waals surface area contributed by atoms with Crippen molar-refractivity contribution in [1.29, 1.82) is 5.26 Å². The van der Waals surface area contributed by atoms with Gasteiger partial charge in [0, 0.05) is 31.7 Å². The predicted octanol–water partition coefficient (Wildman–Crippen LogP) is 2.27. The van der Waals surface area contributed by atoms with Gasteiger partial charge in [-0.25, -0.2) is 4.98 Å². The SMILES string of the molecule is CC1c2ccc(C#N)n2CCN1C(=O)CC1Cn2c(nc3ccccc32)NC1=O. The number of para-hydroxylation sites is 2. The van der Waals surface area contributed by atoms with Gasteiger partial charge in [-0.3, -0.25) is 14.9 Å². The molecule has 2 unspecified atom stereocenters. The molecule has 0 bridgehead atoms. The Morgan fingerprint density at radius 2 is 2.07 bits per heavy atom. The molecule has 2 atom stereocenters. The molecular weight excluding hydrogens is 368 g/mol. The molecule has 2 amide bonds. The Morgan fingerprint density at radius 3 is 2.90 bits per heavy atom. The number of aromatic nitrogens is 3. The molecule has 1 aromatic carbocycles. The number of carbonyl (C=O) groups is 2. The van der Waals surface area contributed by atoms with E-state index < -0.39 is 5.92 Å². The van der Waals surface area contributed by atoms with E-state index in [4.69, 9.17) is 0 Å². The van der Waals surface area contributed by atoms with Gasteiger partial charge < -0.3 is 14.0 Å². The molecule has 0 saturated carbocycles. The second-order valence-corrected chi connectivity index (χ2v) is 7.60. The van der Waals surface area contributed by atoms with Crippen LogP contribution in [0.3, 0.4) is 0 Å². The number of amides is 2. The Kier molecular flexibility index (Phi) is 3.91. The van der Waals surface area contributed by atoms with Crippen LogP contribution in [-0.4, -0.2) is 37.4 Å². The minimum absolute atomic E-state index is 0.0449. The van der Waals surface area contributed by atoms with Gasteiger partial charge in [0.15, 0.2) is 0 Å². The maximum Gasteiger partial charge on any atom is 0.232 e. The lowest BCUT2D eigenvalue weighted by Crippen LogP contribution is -2.44. The fourth-order valence-electron chi connectivity index (χ4n) is 4.45. The van der Waals surface area contributed by atoms with Crippen LogP contribution in [0.4, 0.5) is 5.95 Å². The van der Waals surface area contributed by atoms with Crippen molar-refractivity contribution in [2.45, 2.75) is 32.5 Å². The molecule has 2 aromatic heterocycles. The predicted molar refractivity (Wildman–Crippen MR) is 106 cm³/mol. The van der Waals surface area contributed by atoms with Crippen LogP contribution in [0.2, 0.25) is 0 Å². The van der Waals surface area contributed by atoms with Crippen LogP contribution in [-0.2, 0) is 22.7 Å². The number of fused-ring (bicyclic) bond motifs is 4. The Balaban J connectivity index is 1.36. The number of hydrogen-bond donors (Lipinski definition) is 1. The zero-order chi connectivity index (χ0) is 20.1. The van der Waals surface area contributed by atoms with E-state index >= 15 is 0 Å². The number of nitrogens with zero attached hydrogens (tertiary/aromatic N) is 5. The summed E-state index contributed by atoms with van der Waals surface area (Å²) in [5.74, 6) is -0.117. The summed E-state index contributed by atoms with van der Waals surface area (Å²) in [6, 6.07) is 13.5. The van der Waals surface area contributed by atoms with Crippen LogP contribution >= 0.6 is 0 Å². The number of hydrogen-bond acceptors (Lipinski definition) is 4. The monoisotopic (exact) mass is 388 g/mol. The molecular formula is C21H20N6O2. The standard InChI is InChI=1S/C21H20N6O2/c1-13-17-7-6-15(11-22)26(17)9-8-25(13)19(28)10-14-12-27-18-5-3-2-4-16(18)23-21(27)24-20(14)29/h2-7,13-14H,8-10,12H2,1H3,(H,23,24,29). The first-order valence-electron chi connectivity index (χ1n) is 9.72. The molecule has 8 heteroatoms. The number of imidazole rings is 1. The summed E-state index contributed by atoms with van der Waals surface area (Å²) in [7, 11) is 0. The van der Waals surface area contributed by atoms with E-state index in [0.717, 1.165) is 16.7 Å². The summed E-state index contributed by atoms with van der Waals surface area (Å²) in [5, 5.41) is 12.1. The fraction of sp³-hybridized carbons (Fsp3) is 0.333. The number of anilines is 1. The Bertz CT molecular complexity index is 1180. The molecule has 5 rings (SSSR count). The second-order valence-electron chi connectivity index (χ2n) is 7.60. The molecule has 0 saturated heterocycles. The maximum absolute atomic E-state index is 13.1. The van der Waals surface area contributed by atoms with E-state index in [2.05, 4.69) is 16.4 Å². The molecule has 29 heavy (non-hydrogen) atoms. The van der Waals surface area contributed by atoms with Gasteiger partial charge in [0.2, 0.25) is 17.8 Å². The normalized spacial score (nSPS) is 20.7. The number of benzene rings is 1. The Labute approximate surface area is 167 Å². The van der Waals surface area contributed by atoms with Gasteiger partial charge in [-0.05, 0) is 31.2 Å². The number of nitrogens with one attached hydrogen (secondary N) is 1. The minimum atomic E-state index is -0.441. The highest BCUT2D eigenvalue weighted by Crippen LogP contribution is 2.30. The van der Waals surface area contributed by atoms with Gasteiger partial charge in [0.05, 0.1) is 23.0 Å². The van der Waals surface area contributed by atoms with Crippen molar-refractivity contribution in [2.75, 3.05) is 11.9 Å². The average molecular weight is 388 g/mol. The topological polar surface area (TPSA) is 95.9 Å². The van der Waals surface area contributed by atoms with E-state index in [1.54, 1.807) is 6.07 Å². The van der Waals surface area contributed by atoms with Gasteiger partial charge in [0.1, 0.15) is 11.8 Å². The molecule has 4 heterocycles. The van der Waals surface area contributed by atoms with Gasteiger partial charge in [-0.2, -0.15) is 5.26 Å². The lowest BCUT2D eigenvalue weighted by Gasteiger charge is -2.36. The second kappa shape index (κ2) is 6.48. The van der Waals surface area contributed by atoms with Crippen molar-refractivity contribution in [2.24, 2.45) is 5.92 Å². The lowest BCUT2D eigenvalue weighted by molar-refractivity contribution is -0.138. The van der Waals surface area contributed by atoms with E-state index in [-0.39, 0.29) is 24.3 Å². The van der Waals surface area contributed by atoms with E-state index in [1.165, 1.54) is 0 Å². The highest BCUT2D eigenvalue weighted by molar-refractivity contribution is 5.97. The quantitative estimate of drug-likeness (QED) is 0.728. The highest BCUT2D eigenvalue weighted by atomic mass is 16.2. The van der Waals surface area contributed by atoms with Crippen molar-refractivity contribution < 1.29 is 9.59 Å². The van der Waals surface area contributed by atoms with Crippen LogP contribution in [0, 0.1) is 17.2 Å². The first-order chi connectivity index (χ1) is 14.1. The summed E-state index contributed by atoms with van der Waals surface area (Å²) in [6.07, 6.45) is 0.147. The molecule has 2 aliphatic heterocycles. The lowest BCUT2D eigenvalue weighted by atomic mass is 10.0. The molecule has 8 nitrogen and oxygen atoms in total. The third-order valence-electron chi connectivity index (χ3n) is 5.99. The van der Waals surface area contributed by atoms with Crippen molar-refractivity contribution in [1.82, 2.24) is 19.0 Å². The highest BCUT2D eigenvalue weighted by Gasteiger charge is 2.34. The van der Waals surface area contributed by atoms with E-state index in [1.807, 2.05) is 51.3 Å². The zero-order valence-electron chi connectivity index (χ0n) is 16.0. The van der Waals surface area contributed by atoms with Crippen LogP contribution in [0.1, 0.15) is 30.8 Å². The Morgan fingerprint density at radius 1 is 1.24 bits per heavy atom. The number of rotatable bonds is 2. The molecule has 1 N–H and O–H groups in total. The molecule has 0 radical (unpaired) electrons. The number of nitriles is 1. The summed E-state index contributed by atoms with van der Waals surface area (Å²) >= 11 is 0. The van der Waals surface area contributed by atoms with Gasteiger partial charge in [0.25, 0.3) is 0 Å². The molecule has 3 aromatic rings. The van der Waals surface area contributed by atoms with Gasteiger partial charge >= 0.3 is 0 Å². The summed E-state index contributed by atoms with van der Waals surface area (Å²) in [5.41, 5.74) is 3.35. The van der Waals surface area contributed by atoms with Gasteiger partial charge in [-0.15, -0.1) is 0 Å². The molecule has 0 fully saturated rings. The average Bonchev–Trinajstić information content (AvgIpc) is 3.29. The van der Waals surface area contributed by atoms with Crippen molar-refractivity contribution in [3.63, 3.8) is 0 Å². The van der Waals surface area contributed by atoms with Gasteiger partial charge in [-0.1, -0.05) is 12.1 Å². The molecule has 2 aliphatic rings. The van der Waals surface area contributed by atoms with Crippen molar-refractivity contribution >= 4 is 28.8 Å². The van der Waals surface area contributed by atoms with Crippen LogP contribution in [0.25, 0.3) is 11.0 Å². The Hall–Kier alpha value is -3.60. The van der Waals surface area contributed by atoms with E-state index in [9.17, 15) is 14.9 Å². The number of carbonyl (C=O) groups excluding carboxylic acids is 2. The molecule has 146 valence electrons. The summed E-state index contributed by atoms with van der Waals surface area (Å²) < 4.78 is 3.93. The summed E-state index contributed by atoms with van der Waals surface area (Å²) in [4.78, 5) is 31.9. The zero-order valence-corrected chi connectivity index (χ0v) is 16.0. The molecule has 0 aliphatic carbocycles. The smallest absolute Gasteiger partial charge is 0.232 e. The van der Waals surface area contributed by atoms with Crippen LogP contribution in [0.5, 0.6) is 0 Å². The fourth-order valence-corrected chi connectivity index (χ4v) is 4.45. The van der Waals surface area contributed by atoms with Crippen LogP contribution in [0.15, 0.2) is 36.4 Å². The van der Waals surface area contributed by atoms with E-state index in [0.29, 0.717) is 31.3 Å². The van der Waals surface area contributed by atoms with Crippen molar-refractivity contribution in [3.05, 3.63) is 47.8 Å². The third-order valence-corrected chi connectivity index (χ3v) is 5.99. The third kappa shape index (κ3) is 2.70. The largest absolute Gasteiger partial charge is 0.333 e. The summed E-state index contributed by atoms with van der Waals surface area (Å²) in [6.45, 7) is 3.52. The first-order valence-corrected chi connectivity index (χ1v) is 9.72. The van der Waals surface area contributed by atoms with Crippen LogP contribution < -0.4 is 5.32 Å². The maximum atomic E-state index is 13.1. The van der Waals surface area contributed by atoms with Crippen molar-refractivity contribution in [3.8, 4) is 6.07 Å². The minimum Gasteiger partial charge on any atom is -0.333 e. The molecule has 0 spiro atoms. The first kappa shape index (κ1) is 17.5.